The molecule has 0 saturated carbocycles. The average Bonchev–Trinajstić information content (AvgIpc) is 2.48. The van der Waals surface area contributed by atoms with Gasteiger partial charge in [0.25, 0.3) is 0 Å². The zero-order valence-electron chi connectivity index (χ0n) is 11.1. The number of pyridine rings is 1. The van der Waals surface area contributed by atoms with Crippen molar-refractivity contribution in [2.24, 2.45) is 0 Å². The molecule has 1 aromatic carbocycles. The van der Waals surface area contributed by atoms with Crippen LogP contribution in [-0.4, -0.2) is 48.7 Å². The van der Waals surface area contributed by atoms with Crippen molar-refractivity contribution in [3.05, 3.63) is 36.5 Å². The Morgan fingerprint density at radius 2 is 2.05 bits per heavy atom. The van der Waals surface area contributed by atoms with Gasteiger partial charge in [0.1, 0.15) is 5.52 Å². The minimum atomic E-state index is -0.259. The lowest BCUT2D eigenvalue weighted by Gasteiger charge is -2.25. The molecule has 0 spiro atoms. The smallest absolute Gasteiger partial charge is 0.325 e. The van der Waals surface area contributed by atoms with Crippen LogP contribution in [0.2, 0.25) is 0 Å². The van der Waals surface area contributed by atoms with E-state index in [1.807, 2.05) is 29.2 Å². The van der Waals surface area contributed by atoms with Crippen LogP contribution in [0.15, 0.2) is 36.5 Å². The predicted octanol–water partition coefficient (Wildman–Crippen LogP) is 1.47. The molecule has 104 valence electrons. The summed E-state index contributed by atoms with van der Waals surface area (Å²) in [5.41, 5.74) is 0.713. The number of morpholine rings is 1. The minimum absolute atomic E-state index is 0.259. The monoisotopic (exact) mass is 272 g/mol. The molecule has 20 heavy (non-hydrogen) atoms. The van der Waals surface area contributed by atoms with Gasteiger partial charge in [-0.25, -0.2) is 0 Å². The van der Waals surface area contributed by atoms with Crippen LogP contribution in [0, 0.1) is 0 Å². The molecular formula is C15H16N2O3. The number of nitrogens with zero attached hydrogens (tertiary/aromatic N) is 2. The van der Waals surface area contributed by atoms with Gasteiger partial charge < -0.3 is 9.47 Å². The number of hydrogen-bond acceptors (Lipinski definition) is 5. The third-order valence-electron chi connectivity index (χ3n) is 3.28. The van der Waals surface area contributed by atoms with E-state index in [0.717, 1.165) is 18.5 Å². The molecule has 1 fully saturated rings. The summed E-state index contributed by atoms with van der Waals surface area (Å²) in [5, 5.41) is 0.962. The molecule has 1 aliphatic heterocycles. The number of benzene rings is 1. The second-order valence-electron chi connectivity index (χ2n) is 4.69. The van der Waals surface area contributed by atoms with Crippen molar-refractivity contribution < 1.29 is 14.3 Å². The second-order valence-corrected chi connectivity index (χ2v) is 4.69. The minimum Gasteiger partial charge on any atom is -0.423 e. The number of fused-ring (bicyclic) bond motifs is 1. The molecule has 3 rings (SSSR count). The summed E-state index contributed by atoms with van der Waals surface area (Å²) in [6.07, 6.45) is 1.70. The standard InChI is InChI=1S/C15H16N2O3/c18-14(11-17-7-9-19-10-8-17)20-13-5-1-3-12-4-2-6-16-15(12)13/h1-6H,7-11H2. The Hall–Kier alpha value is -1.98. The first-order valence-corrected chi connectivity index (χ1v) is 6.67. The summed E-state index contributed by atoms with van der Waals surface area (Å²) < 4.78 is 10.7. The lowest BCUT2D eigenvalue weighted by atomic mass is 10.2. The molecule has 1 aliphatic rings. The summed E-state index contributed by atoms with van der Waals surface area (Å²) in [4.78, 5) is 18.3. The van der Waals surface area contributed by atoms with Gasteiger partial charge in [0, 0.05) is 24.7 Å². The second kappa shape index (κ2) is 5.98. The Bertz CT molecular complexity index is 604. The van der Waals surface area contributed by atoms with Crippen molar-refractivity contribution in [1.82, 2.24) is 9.88 Å². The van der Waals surface area contributed by atoms with Gasteiger partial charge in [-0.1, -0.05) is 18.2 Å². The van der Waals surface area contributed by atoms with Crippen LogP contribution >= 0.6 is 0 Å². The van der Waals surface area contributed by atoms with Crippen LogP contribution in [0.1, 0.15) is 0 Å². The van der Waals surface area contributed by atoms with Gasteiger partial charge in [-0.2, -0.15) is 0 Å². The van der Waals surface area contributed by atoms with Gasteiger partial charge in [0.2, 0.25) is 0 Å². The number of aromatic nitrogens is 1. The lowest BCUT2D eigenvalue weighted by Crippen LogP contribution is -2.40. The van der Waals surface area contributed by atoms with E-state index in [0.29, 0.717) is 24.5 Å². The van der Waals surface area contributed by atoms with Crippen LogP contribution in [0.25, 0.3) is 10.9 Å². The van der Waals surface area contributed by atoms with E-state index in [9.17, 15) is 4.79 Å². The first kappa shape index (κ1) is 13.0. The zero-order chi connectivity index (χ0) is 13.8. The summed E-state index contributed by atoms with van der Waals surface area (Å²) in [6, 6.07) is 9.39. The molecule has 0 bridgehead atoms. The zero-order valence-corrected chi connectivity index (χ0v) is 11.1. The van der Waals surface area contributed by atoms with Gasteiger partial charge in [0.15, 0.2) is 5.75 Å². The molecule has 0 atom stereocenters. The van der Waals surface area contributed by atoms with Gasteiger partial charge >= 0.3 is 5.97 Å². The van der Waals surface area contributed by atoms with Gasteiger partial charge in [0.05, 0.1) is 19.8 Å². The maximum Gasteiger partial charge on any atom is 0.325 e. The molecule has 0 aliphatic carbocycles. The third-order valence-corrected chi connectivity index (χ3v) is 3.28. The van der Waals surface area contributed by atoms with Crippen molar-refractivity contribution in [2.45, 2.75) is 0 Å². The molecule has 0 amide bonds. The summed E-state index contributed by atoms with van der Waals surface area (Å²) in [6.45, 7) is 3.16. The molecule has 5 nitrogen and oxygen atoms in total. The number of esters is 1. The van der Waals surface area contributed by atoms with Gasteiger partial charge in [-0.3, -0.25) is 14.7 Å². The highest BCUT2D eigenvalue weighted by atomic mass is 16.5. The molecule has 1 saturated heterocycles. The third kappa shape index (κ3) is 2.95. The van der Waals surface area contributed by atoms with Gasteiger partial charge in [-0.15, -0.1) is 0 Å². The fourth-order valence-corrected chi connectivity index (χ4v) is 2.26. The number of carbonyl (C=O) groups excluding carboxylic acids is 1. The Morgan fingerprint density at radius 3 is 2.90 bits per heavy atom. The number of para-hydroxylation sites is 1. The Labute approximate surface area is 117 Å². The molecule has 1 aromatic heterocycles. The van der Waals surface area contributed by atoms with E-state index >= 15 is 0 Å². The van der Waals surface area contributed by atoms with Crippen molar-refractivity contribution in [3.8, 4) is 5.75 Å². The average molecular weight is 272 g/mol. The molecule has 5 heteroatoms. The van der Waals surface area contributed by atoms with Crippen LogP contribution in [-0.2, 0) is 9.53 Å². The first-order valence-electron chi connectivity index (χ1n) is 6.67. The first-order chi connectivity index (χ1) is 9.83. The van der Waals surface area contributed by atoms with Crippen molar-refractivity contribution >= 4 is 16.9 Å². The Morgan fingerprint density at radius 1 is 1.25 bits per heavy atom. The van der Waals surface area contributed by atoms with Crippen LogP contribution in [0.5, 0.6) is 5.75 Å². The maximum absolute atomic E-state index is 12.0. The predicted molar refractivity (Wildman–Crippen MR) is 74.6 cm³/mol. The normalized spacial score (nSPS) is 16.2. The molecule has 0 radical (unpaired) electrons. The quantitative estimate of drug-likeness (QED) is 0.625. The van der Waals surface area contributed by atoms with E-state index in [4.69, 9.17) is 9.47 Å². The fourth-order valence-electron chi connectivity index (χ4n) is 2.26. The van der Waals surface area contributed by atoms with Crippen molar-refractivity contribution in [3.63, 3.8) is 0 Å². The highest BCUT2D eigenvalue weighted by molar-refractivity contribution is 5.87. The largest absolute Gasteiger partial charge is 0.423 e. The lowest BCUT2D eigenvalue weighted by molar-refractivity contribution is -0.136. The van der Waals surface area contributed by atoms with Crippen molar-refractivity contribution in [1.29, 1.82) is 0 Å². The summed E-state index contributed by atoms with van der Waals surface area (Å²) in [7, 11) is 0. The Balaban J connectivity index is 1.71. The molecule has 2 aromatic rings. The topological polar surface area (TPSA) is 51.7 Å². The van der Waals surface area contributed by atoms with E-state index in [2.05, 4.69) is 4.98 Å². The van der Waals surface area contributed by atoms with Crippen LogP contribution < -0.4 is 4.74 Å². The number of carbonyl (C=O) groups is 1. The van der Waals surface area contributed by atoms with Crippen LogP contribution in [0.3, 0.4) is 0 Å². The fraction of sp³-hybridized carbons (Fsp3) is 0.333. The molecular weight excluding hydrogens is 256 g/mol. The molecule has 2 heterocycles. The van der Waals surface area contributed by atoms with E-state index in [1.165, 1.54) is 0 Å². The molecule has 0 N–H and O–H groups in total. The molecule has 0 unspecified atom stereocenters. The number of rotatable bonds is 3. The maximum atomic E-state index is 12.0. The van der Waals surface area contributed by atoms with Crippen LogP contribution in [0.4, 0.5) is 0 Å². The number of ether oxygens (including phenoxy) is 2. The van der Waals surface area contributed by atoms with Gasteiger partial charge in [-0.05, 0) is 12.1 Å². The number of hydrogen-bond donors (Lipinski definition) is 0. The van der Waals surface area contributed by atoms with E-state index in [-0.39, 0.29) is 12.5 Å². The highest BCUT2D eigenvalue weighted by Crippen LogP contribution is 2.23. The Kier molecular flexibility index (Phi) is 3.90. The highest BCUT2D eigenvalue weighted by Gasteiger charge is 2.16. The van der Waals surface area contributed by atoms with E-state index in [1.54, 1.807) is 12.3 Å². The summed E-state index contributed by atoms with van der Waals surface area (Å²) in [5.74, 6) is 0.256. The SMILES string of the molecule is O=C(CN1CCOCC1)Oc1cccc2cccnc12. The van der Waals surface area contributed by atoms with E-state index < -0.39 is 0 Å². The summed E-state index contributed by atoms with van der Waals surface area (Å²) >= 11 is 0. The van der Waals surface area contributed by atoms with Crippen molar-refractivity contribution in [2.75, 3.05) is 32.8 Å².